The summed E-state index contributed by atoms with van der Waals surface area (Å²) in [7, 11) is 0. The van der Waals surface area contributed by atoms with Crippen molar-refractivity contribution in [2.75, 3.05) is 18.0 Å². The zero-order valence-corrected chi connectivity index (χ0v) is 17.2. The zero-order valence-electron chi connectivity index (χ0n) is 17.2. The van der Waals surface area contributed by atoms with Gasteiger partial charge in [-0.3, -0.25) is 4.79 Å². The largest absolute Gasteiger partial charge is 0.459 e. The summed E-state index contributed by atoms with van der Waals surface area (Å²) >= 11 is 0. The molecule has 3 heterocycles. The number of hydrogen-bond donors (Lipinski definition) is 1. The molecule has 31 heavy (non-hydrogen) atoms. The van der Waals surface area contributed by atoms with Crippen LogP contribution < -0.4 is 10.2 Å². The number of nitrogens with one attached hydrogen (secondary N) is 1. The van der Waals surface area contributed by atoms with Crippen molar-refractivity contribution < 1.29 is 13.6 Å². The maximum absolute atomic E-state index is 13.0. The van der Waals surface area contributed by atoms with Gasteiger partial charge in [0.15, 0.2) is 5.76 Å². The molecular formula is C24H24N4O3. The lowest BCUT2D eigenvalue weighted by atomic mass is 9.87. The highest BCUT2D eigenvalue weighted by atomic mass is 16.4. The summed E-state index contributed by atoms with van der Waals surface area (Å²) in [5, 5.41) is 12.8. The molecule has 7 nitrogen and oxygen atoms in total. The summed E-state index contributed by atoms with van der Waals surface area (Å²) in [4.78, 5) is 19.2. The van der Waals surface area contributed by atoms with Gasteiger partial charge in [-0.05, 0) is 55.4 Å². The molecule has 1 aliphatic carbocycles. The fraction of sp³-hybridized carbons (Fsp3) is 0.375. The number of carbonyl (C=O) groups is 1. The number of nitrogens with zero attached hydrogens (tertiary/aromatic N) is 3. The first-order chi connectivity index (χ1) is 15.2. The Hall–Kier alpha value is -3.53. The number of oxazole rings is 1. The second-order valence-electron chi connectivity index (χ2n) is 8.18. The SMILES string of the molecule is N#Cc1nc(-c2ccco2)oc1N1CCC(C(=O)N[C@H]2CCCc3ccccc32)CC1. The standard InChI is InChI=1S/C24H24N4O3/c25-15-20-24(31-23(27-20)21-9-4-14-30-21)28-12-10-17(11-13-28)22(29)26-19-8-3-6-16-5-1-2-7-18(16)19/h1-2,4-5,7,9,14,17,19H,3,6,8,10-13H2,(H,26,29)/t19-/m0/s1. The Kier molecular flexibility index (Phi) is 5.21. The first kappa shape index (κ1) is 19.4. The number of furan rings is 1. The van der Waals surface area contributed by atoms with E-state index < -0.39 is 0 Å². The van der Waals surface area contributed by atoms with Crippen molar-refractivity contribution in [2.24, 2.45) is 5.92 Å². The molecule has 1 aromatic carbocycles. The molecule has 2 aromatic heterocycles. The van der Waals surface area contributed by atoms with Gasteiger partial charge >= 0.3 is 0 Å². The highest BCUT2D eigenvalue weighted by Crippen LogP contribution is 2.33. The fourth-order valence-electron chi connectivity index (χ4n) is 4.64. The molecule has 7 heteroatoms. The number of rotatable bonds is 4. The van der Waals surface area contributed by atoms with Gasteiger partial charge in [0.05, 0.1) is 12.3 Å². The van der Waals surface area contributed by atoms with E-state index in [2.05, 4.69) is 34.6 Å². The Bertz CT molecular complexity index is 1100. The Morgan fingerprint density at radius 3 is 2.77 bits per heavy atom. The van der Waals surface area contributed by atoms with E-state index in [1.807, 2.05) is 11.0 Å². The van der Waals surface area contributed by atoms with E-state index in [1.54, 1.807) is 18.4 Å². The maximum atomic E-state index is 13.0. The van der Waals surface area contributed by atoms with E-state index in [4.69, 9.17) is 8.83 Å². The van der Waals surface area contributed by atoms with Gasteiger partial charge in [-0.2, -0.15) is 10.2 Å². The Morgan fingerprint density at radius 2 is 2.00 bits per heavy atom. The van der Waals surface area contributed by atoms with Gasteiger partial charge in [-0.15, -0.1) is 0 Å². The summed E-state index contributed by atoms with van der Waals surface area (Å²) in [5.74, 6) is 1.32. The molecule has 0 radical (unpaired) electrons. The normalized spacial score (nSPS) is 18.9. The molecule has 0 spiro atoms. The van der Waals surface area contributed by atoms with Crippen molar-refractivity contribution >= 4 is 11.8 Å². The quantitative estimate of drug-likeness (QED) is 0.684. The van der Waals surface area contributed by atoms with E-state index in [1.165, 1.54) is 11.1 Å². The van der Waals surface area contributed by atoms with Crippen molar-refractivity contribution in [1.82, 2.24) is 10.3 Å². The van der Waals surface area contributed by atoms with Crippen LogP contribution in [0.15, 0.2) is 51.5 Å². The van der Waals surface area contributed by atoms with Crippen LogP contribution in [0.4, 0.5) is 5.88 Å². The van der Waals surface area contributed by atoms with E-state index in [0.29, 0.717) is 43.5 Å². The summed E-state index contributed by atoms with van der Waals surface area (Å²) in [5.41, 5.74) is 2.84. The lowest BCUT2D eigenvalue weighted by molar-refractivity contribution is -0.126. The van der Waals surface area contributed by atoms with Crippen LogP contribution in [0.2, 0.25) is 0 Å². The molecule has 2 aliphatic rings. The van der Waals surface area contributed by atoms with Gasteiger partial charge in [-0.1, -0.05) is 24.3 Å². The smallest absolute Gasteiger partial charge is 0.266 e. The number of nitriles is 1. The van der Waals surface area contributed by atoms with Gasteiger partial charge in [0.1, 0.15) is 6.07 Å². The van der Waals surface area contributed by atoms with Crippen molar-refractivity contribution in [1.29, 1.82) is 5.26 Å². The average Bonchev–Trinajstić information content (AvgIpc) is 3.49. The lowest BCUT2D eigenvalue weighted by Crippen LogP contribution is -2.42. The van der Waals surface area contributed by atoms with Gasteiger partial charge in [0.25, 0.3) is 5.89 Å². The van der Waals surface area contributed by atoms with E-state index in [0.717, 1.165) is 19.3 Å². The molecule has 1 saturated heterocycles. The first-order valence-electron chi connectivity index (χ1n) is 10.8. The number of fused-ring (bicyclic) bond motifs is 1. The third-order valence-electron chi connectivity index (χ3n) is 6.29. The molecular weight excluding hydrogens is 392 g/mol. The van der Waals surface area contributed by atoms with Crippen LogP contribution in [-0.2, 0) is 11.2 Å². The van der Waals surface area contributed by atoms with E-state index in [-0.39, 0.29) is 23.6 Å². The minimum absolute atomic E-state index is 0.0386. The lowest BCUT2D eigenvalue weighted by Gasteiger charge is -2.33. The maximum Gasteiger partial charge on any atom is 0.266 e. The number of piperidine rings is 1. The second-order valence-corrected chi connectivity index (χ2v) is 8.18. The second kappa shape index (κ2) is 8.31. The zero-order chi connectivity index (χ0) is 21.2. The molecule has 1 amide bonds. The third-order valence-corrected chi connectivity index (χ3v) is 6.29. The van der Waals surface area contributed by atoms with Crippen LogP contribution in [-0.4, -0.2) is 24.0 Å². The van der Waals surface area contributed by atoms with Crippen molar-refractivity contribution in [3.05, 3.63) is 59.5 Å². The summed E-state index contributed by atoms with van der Waals surface area (Å²) < 4.78 is 11.2. The Labute approximate surface area is 180 Å². The van der Waals surface area contributed by atoms with Crippen molar-refractivity contribution in [3.63, 3.8) is 0 Å². The number of anilines is 1. The number of benzene rings is 1. The average molecular weight is 416 g/mol. The molecule has 0 bridgehead atoms. The van der Waals surface area contributed by atoms with Crippen LogP contribution in [0.25, 0.3) is 11.7 Å². The number of amides is 1. The molecule has 3 aromatic rings. The first-order valence-corrected chi connectivity index (χ1v) is 10.8. The van der Waals surface area contributed by atoms with E-state index >= 15 is 0 Å². The Balaban J connectivity index is 1.23. The minimum atomic E-state index is -0.0386. The van der Waals surface area contributed by atoms with Crippen LogP contribution >= 0.6 is 0 Å². The van der Waals surface area contributed by atoms with Crippen molar-refractivity contribution in [3.8, 4) is 17.7 Å². The van der Waals surface area contributed by atoms with Crippen LogP contribution in [0.5, 0.6) is 0 Å². The van der Waals surface area contributed by atoms with Gasteiger partial charge < -0.3 is 19.1 Å². The molecule has 158 valence electrons. The minimum Gasteiger partial charge on any atom is -0.459 e. The molecule has 1 N–H and O–H groups in total. The highest BCUT2D eigenvalue weighted by molar-refractivity contribution is 5.79. The van der Waals surface area contributed by atoms with Crippen LogP contribution in [0, 0.1) is 17.2 Å². The van der Waals surface area contributed by atoms with Crippen molar-refractivity contribution in [2.45, 2.75) is 38.1 Å². The topological polar surface area (TPSA) is 95.3 Å². The van der Waals surface area contributed by atoms with Gasteiger partial charge in [0, 0.05) is 19.0 Å². The third kappa shape index (κ3) is 3.81. The monoisotopic (exact) mass is 416 g/mol. The van der Waals surface area contributed by atoms with Crippen LogP contribution in [0.3, 0.4) is 0 Å². The molecule has 0 saturated carbocycles. The highest BCUT2D eigenvalue weighted by Gasteiger charge is 2.31. The molecule has 1 fully saturated rings. The van der Waals surface area contributed by atoms with E-state index in [9.17, 15) is 10.1 Å². The van der Waals surface area contributed by atoms with Gasteiger partial charge in [0.2, 0.25) is 17.5 Å². The molecule has 5 rings (SSSR count). The summed E-state index contributed by atoms with van der Waals surface area (Å²) in [6.45, 7) is 1.28. The fourth-order valence-corrected chi connectivity index (χ4v) is 4.64. The number of hydrogen-bond acceptors (Lipinski definition) is 6. The number of aryl methyl sites for hydroxylation is 1. The Morgan fingerprint density at radius 1 is 1.16 bits per heavy atom. The molecule has 0 unspecified atom stereocenters. The molecule has 1 aliphatic heterocycles. The van der Waals surface area contributed by atoms with Crippen LogP contribution in [0.1, 0.15) is 48.5 Å². The van der Waals surface area contributed by atoms with Gasteiger partial charge in [-0.25, -0.2) is 0 Å². The summed E-state index contributed by atoms with van der Waals surface area (Å²) in [6.07, 6.45) is 6.13. The molecule has 1 atom stereocenters. The predicted octanol–water partition coefficient (Wildman–Crippen LogP) is 4.22. The summed E-state index contributed by atoms with van der Waals surface area (Å²) in [6, 6.07) is 14.1. The predicted molar refractivity (Wildman–Crippen MR) is 114 cm³/mol. The number of carbonyl (C=O) groups excluding carboxylic acids is 1. The number of aromatic nitrogens is 1.